The van der Waals surface area contributed by atoms with Crippen molar-refractivity contribution >= 4 is 16.0 Å². The first kappa shape index (κ1) is 21.5. The van der Waals surface area contributed by atoms with E-state index in [2.05, 4.69) is 5.10 Å². The normalized spacial score (nSPS) is 16.1. The molecule has 0 unspecified atom stereocenters. The number of hydrogen-bond acceptors (Lipinski definition) is 5. The number of rotatable bonds is 7. The van der Waals surface area contributed by atoms with Crippen molar-refractivity contribution in [2.75, 3.05) is 19.7 Å². The number of aromatic nitrogens is 2. The zero-order chi connectivity index (χ0) is 21.0. The third-order valence-electron chi connectivity index (χ3n) is 5.32. The molecule has 3 rings (SSSR count). The molecule has 8 heteroatoms. The van der Waals surface area contributed by atoms with E-state index >= 15 is 0 Å². The van der Waals surface area contributed by atoms with Gasteiger partial charge in [0.1, 0.15) is 0 Å². The van der Waals surface area contributed by atoms with Crippen molar-refractivity contribution in [3.63, 3.8) is 0 Å². The van der Waals surface area contributed by atoms with Crippen LogP contribution >= 0.6 is 0 Å². The fourth-order valence-corrected chi connectivity index (χ4v) is 5.87. The fraction of sp³-hybridized carbons (Fsp3) is 0.524. The first-order chi connectivity index (χ1) is 13.8. The zero-order valence-corrected chi connectivity index (χ0v) is 18.1. The lowest BCUT2D eigenvalue weighted by molar-refractivity contribution is -0.150. The molecule has 7 nitrogen and oxygen atoms in total. The molecule has 158 valence electrons. The molecule has 1 aliphatic heterocycles. The average molecular weight is 420 g/mol. The van der Waals surface area contributed by atoms with Gasteiger partial charge in [-0.05, 0) is 50.8 Å². The Labute approximate surface area is 172 Å². The van der Waals surface area contributed by atoms with Crippen LogP contribution in [0.5, 0.6) is 0 Å². The Hall–Kier alpha value is -2.19. The molecule has 1 fully saturated rings. The van der Waals surface area contributed by atoms with Gasteiger partial charge in [-0.15, -0.1) is 0 Å². The largest absolute Gasteiger partial charge is 0.465 e. The van der Waals surface area contributed by atoms with Crippen LogP contribution in [0.3, 0.4) is 0 Å². The maximum absolute atomic E-state index is 13.1. The highest BCUT2D eigenvalue weighted by Gasteiger charge is 2.34. The van der Waals surface area contributed by atoms with Crippen molar-refractivity contribution in [1.82, 2.24) is 14.1 Å². The summed E-state index contributed by atoms with van der Waals surface area (Å²) in [6, 6.07) is 5.65. The molecule has 2 aromatic rings. The minimum absolute atomic E-state index is 0.231. The number of piperidine rings is 1. The summed E-state index contributed by atoms with van der Waals surface area (Å²) >= 11 is 0. The van der Waals surface area contributed by atoms with Crippen LogP contribution in [0.15, 0.2) is 35.5 Å². The van der Waals surface area contributed by atoms with Crippen LogP contribution in [0, 0.1) is 26.7 Å². The van der Waals surface area contributed by atoms with Gasteiger partial charge in [-0.25, -0.2) is 8.42 Å². The Morgan fingerprint density at radius 3 is 2.41 bits per heavy atom. The first-order valence-corrected chi connectivity index (χ1v) is 11.4. The quantitative estimate of drug-likeness (QED) is 0.509. The molecule has 0 atom stereocenters. The molecule has 0 spiro atoms. The monoisotopic (exact) mass is 419 g/mol. The summed E-state index contributed by atoms with van der Waals surface area (Å²) in [5, 5.41) is 4.11. The predicted molar refractivity (Wildman–Crippen MR) is 110 cm³/mol. The first-order valence-electron chi connectivity index (χ1n) is 10.0. The number of benzene rings is 1. The average Bonchev–Trinajstić information content (AvgIpc) is 3.17. The van der Waals surface area contributed by atoms with Crippen molar-refractivity contribution in [1.29, 1.82) is 0 Å². The Balaban J connectivity index is 1.52. The summed E-state index contributed by atoms with van der Waals surface area (Å²) in [5.74, 6) is -0.475. The van der Waals surface area contributed by atoms with Gasteiger partial charge in [0.2, 0.25) is 10.0 Å². The van der Waals surface area contributed by atoms with E-state index in [4.69, 9.17) is 4.74 Å². The van der Waals surface area contributed by atoms with Gasteiger partial charge in [0.15, 0.2) is 0 Å². The minimum atomic E-state index is -3.56. The summed E-state index contributed by atoms with van der Waals surface area (Å²) in [6.45, 7) is 7.35. The fourth-order valence-electron chi connectivity index (χ4n) is 3.98. The van der Waals surface area contributed by atoms with E-state index in [1.807, 2.05) is 45.2 Å². The van der Waals surface area contributed by atoms with Crippen molar-refractivity contribution < 1.29 is 17.9 Å². The smallest absolute Gasteiger partial charge is 0.309 e. The third kappa shape index (κ3) is 5.05. The van der Waals surface area contributed by atoms with Crippen LogP contribution in [0.2, 0.25) is 0 Å². The van der Waals surface area contributed by atoms with Crippen molar-refractivity contribution in [3.05, 3.63) is 47.3 Å². The van der Waals surface area contributed by atoms with Crippen molar-refractivity contribution in [2.24, 2.45) is 5.92 Å². The van der Waals surface area contributed by atoms with Crippen LogP contribution in [-0.2, 0) is 26.1 Å². The maximum atomic E-state index is 13.1. The molecule has 0 amide bonds. The number of esters is 1. The summed E-state index contributed by atoms with van der Waals surface area (Å²) in [6.07, 6.45) is 5.26. The Morgan fingerprint density at radius 1 is 1.17 bits per heavy atom. The van der Waals surface area contributed by atoms with Crippen molar-refractivity contribution in [2.45, 2.75) is 51.5 Å². The van der Waals surface area contributed by atoms with E-state index in [0.717, 1.165) is 16.7 Å². The molecule has 1 aromatic heterocycles. The summed E-state index contributed by atoms with van der Waals surface area (Å²) in [4.78, 5) is 12.7. The number of sulfonamides is 1. The summed E-state index contributed by atoms with van der Waals surface area (Å²) < 4.78 is 35.0. The lowest BCUT2D eigenvalue weighted by Crippen LogP contribution is -2.41. The summed E-state index contributed by atoms with van der Waals surface area (Å²) in [7, 11) is -3.56. The van der Waals surface area contributed by atoms with Gasteiger partial charge in [0.05, 0.1) is 17.4 Å². The highest BCUT2D eigenvalue weighted by molar-refractivity contribution is 7.89. The van der Waals surface area contributed by atoms with E-state index in [1.54, 1.807) is 10.9 Å². The van der Waals surface area contributed by atoms with E-state index in [9.17, 15) is 13.2 Å². The molecule has 1 saturated heterocycles. The van der Waals surface area contributed by atoms with Gasteiger partial charge in [-0.1, -0.05) is 17.7 Å². The maximum Gasteiger partial charge on any atom is 0.309 e. The van der Waals surface area contributed by atoms with E-state index in [0.29, 0.717) is 50.4 Å². The molecular weight excluding hydrogens is 390 g/mol. The van der Waals surface area contributed by atoms with Crippen molar-refractivity contribution in [3.8, 4) is 0 Å². The molecule has 1 aliphatic rings. The summed E-state index contributed by atoms with van der Waals surface area (Å²) in [5.41, 5.74) is 2.58. The van der Waals surface area contributed by atoms with Gasteiger partial charge in [0.25, 0.3) is 0 Å². The molecule has 29 heavy (non-hydrogen) atoms. The molecule has 1 aromatic carbocycles. The number of hydrogen-bond donors (Lipinski definition) is 0. The van der Waals surface area contributed by atoms with Gasteiger partial charge < -0.3 is 4.74 Å². The van der Waals surface area contributed by atoms with Crippen LogP contribution in [0.25, 0.3) is 0 Å². The second-order valence-electron chi connectivity index (χ2n) is 7.70. The SMILES string of the molecule is Cc1cc(C)c(S(=O)(=O)N2CCC(C(=O)OCCCn3cccn3)CC2)c(C)c1. The third-order valence-corrected chi connectivity index (χ3v) is 7.53. The molecular formula is C21H29N3O4S. The van der Waals surface area contributed by atoms with Gasteiger partial charge in [0, 0.05) is 38.4 Å². The Morgan fingerprint density at radius 2 is 1.83 bits per heavy atom. The number of carbonyl (C=O) groups excluding carboxylic acids is 1. The number of carbonyl (C=O) groups is 1. The van der Waals surface area contributed by atoms with Gasteiger partial charge in [-0.3, -0.25) is 9.48 Å². The number of aryl methyl sites for hydroxylation is 4. The highest BCUT2D eigenvalue weighted by Crippen LogP contribution is 2.29. The molecule has 2 heterocycles. The van der Waals surface area contributed by atoms with Crippen LogP contribution in [-0.4, -0.2) is 48.2 Å². The molecule has 0 saturated carbocycles. The lowest BCUT2D eigenvalue weighted by Gasteiger charge is -2.31. The van der Waals surface area contributed by atoms with Gasteiger partial charge in [-0.2, -0.15) is 9.40 Å². The van der Waals surface area contributed by atoms with Crippen LogP contribution < -0.4 is 0 Å². The minimum Gasteiger partial charge on any atom is -0.465 e. The molecule has 0 bridgehead atoms. The van der Waals surface area contributed by atoms with Crippen LogP contribution in [0.1, 0.15) is 36.0 Å². The number of nitrogens with zero attached hydrogens (tertiary/aromatic N) is 3. The Bertz CT molecular complexity index is 923. The molecule has 0 aliphatic carbocycles. The Kier molecular flexibility index (Phi) is 6.74. The van der Waals surface area contributed by atoms with E-state index < -0.39 is 10.0 Å². The number of ether oxygens (including phenoxy) is 1. The topological polar surface area (TPSA) is 81.5 Å². The van der Waals surface area contributed by atoms with Gasteiger partial charge >= 0.3 is 5.97 Å². The highest BCUT2D eigenvalue weighted by atomic mass is 32.2. The lowest BCUT2D eigenvalue weighted by atomic mass is 9.98. The van der Waals surface area contributed by atoms with E-state index in [-0.39, 0.29) is 11.9 Å². The second-order valence-corrected chi connectivity index (χ2v) is 9.57. The van der Waals surface area contributed by atoms with Crippen LogP contribution in [0.4, 0.5) is 0 Å². The standard InChI is InChI=1S/C21H29N3O4S/c1-16-14-17(2)20(18(3)15-16)29(26,27)24-11-6-19(7-12-24)21(25)28-13-5-10-23-9-4-8-22-23/h4,8-9,14-15,19H,5-7,10-13H2,1-3H3. The predicted octanol–water partition coefficient (Wildman–Crippen LogP) is 2.84. The zero-order valence-electron chi connectivity index (χ0n) is 17.3. The van der Waals surface area contributed by atoms with E-state index in [1.165, 1.54) is 4.31 Å². The molecule has 0 radical (unpaired) electrons. The second kappa shape index (κ2) is 9.09. The molecule has 0 N–H and O–H groups in total.